The van der Waals surface area contributed by atoms with Crippen LogP contribution in [-0.2, 0) is 11.2 Å². The lowest BCUT2D eigenvalue weighted by Gasteiger charge is -2.18. The van der Waals surface area contributed by atoms with E-state index in [9.17, 15) is 0 Å². The highest BCUT2D eigenvalue weighted by molar-refractivity contribution is 5.11. The summed E-state index contributed by atoms with van der Waals surface area (Å²) in [6.45, 7) is 6.94. The Balaban J connectivity index is 2.39. The van der Waals surface area contributed by atoms with Crippen molar-refractivity contribution >= 4 is 0 Å². The largest absolute Gasteiger partial charge is 0.382 e. The maximum absolute atomic E-state index is 5.43. The number of nitrogens with zero attached hydrogens (tertiary/aromatic N) is 1. The van der Waals surface area contributed by atoms with Crippen LogP contribution in [0.25, 0.3) is 0 Å². The Bertz CT molecular complexity index is 277. The summed E-state index contributed by atoms with van der Waals surface area (Å²) in [6.07, 6.45) is 7.00. The fourth-order valence-electron chi connectivity index (χ4n) is 1.80. The van der Waals surface area contributed by atoms with E-state index >= 15 is 0 Å². The third kappa shape index (κ3) is 6.39. The molecular weight excluding hydrogens is 212 g/mol. The second-order valence-electron chi connectivity index (χ2n) is 4.20. The van der Waals surface area contributed by atoms with Crippen LogP contribution < -0.4 is 5.32 Å². The molecule has 0 saturated heterocycles. The van der Waals surface area contributed by atoms with Crippen molar-refractivity contribution in [2.24, 2.45) is 0 Å². The van der Waals surface area contributed by atoms with Gasteiger partial charge in [-0.3, -0.25) is 4.98 Å². The molecule has 3 nitrogen and oxygen atoms in total. The van der Waals surface area contributed by atoms with Crippen LogP contribution in [0.2, 0.25) is 0 Å². The van der Waals surface area contributed by atoms with Gasteiger partial charge in [0.25, 0.3) is 0 Å². The Labute approximate surface area is 105 Å². The minimum atomic E-state index is 0.504. The number of rotatable bonds is 9. The summed E-state index contributed by atoms with van der Waals surface area (Å²) in [5, 5.41) is 3.58. The number of pyridine rings is 1. The molecule has 0 spiro atoms. The van der Waals surface area contributed by atoms with Gasteiger partial charge < -0.3 is 10.1 Å². The first-order valence-electron chi connectivity index (χ1n) is 6.56. The molecule has 0 bridgehead atoms. The van der Waals surface area contributed by atoms with E-state index in [4.69, 9.17) is 4.74 Å². The Morgan fingerprint density at radius 1 is 1.29 bits per heavy atom. The van der Waals surface area contributed by atoms with Crippen molar-refractivity contribution in [3.8, 4) is 0 Å². The molecule has 0 aliphatic rings. The van der Waals surface area contributed by atoms with Gasteiger partial charge in [0.15, 0.2) is 0 Å². The topological polar surface area (TPSA) is 34.1 Å². The number of ether oxygens (including phenoxy) is 1. The predicted molar refractivity (Wildman–Crippen MR) is 71.1 cm³/mol. The average molecular weight is 236 g/mol. The summed E-state index contributed by atoms with van der Waals surface area (Å²) < 4.78 is 5.43. The molecule has 0 radical (unpaired) electrons. The lowest BCUT2D eigenvalue weighted by atomic mass is 10.0. The molecule has 1 heterocycles. The highest BCUT2D eigenvalue weighted by Gasteiger charge is 2.08. The fourth-order valence-corrected chi connectivity index (χ4v) is 1.80. The molecule has 1 N–H and O–H groups in total. The molecule has 1 aromatic rings. The second-order valence-corrected chi connectivity index (χ2v) is 4.20. The van der Waals surface area contributed by atoms with Gasteiger partial charge in [0.1, 0.15) is 0 Å². The molecule has 0 fully saturated rings. The molecule has 1 unspecified atom stereocenters. The Morgan fingerprint density at radius 2 is 2.06 bits per heavy atom. The van der Waals surface area contributed by atoms with E-state index in [-0.39, 0.29) is 0 Å². The first-order valence-corrected chi connectivity index (χ1v) is 6.56. The number of aromatic nitrogens is 1. The van der Waals surface area contributed by atoms with Crippen LogP contribution in [0.5, 0.6) is 0 Å². The number of nitrogens with one attached hydrogen (secondary N) is 1. The number of hydrogen-bond acceptors (Lipinski definition) is 3. The first kappa shape index (κ1) is 14.1. The SMILES string of the molecule is CCCNC(CCOCC)Cc1ccncc1. The van der Waals surface area contributed by atoms with E-state index in [0.29, 0.717) is 6.04 Å². The van der Waals surface area contributed by atoms with Gasteiger partial charge in [-0.2, -0.15) is 0 Å². The molecule has 96 valence electrons. The average Bonchev–Trinajstić information content (AvgIpc) is 2.37. The van der Waals surface area contributed by atoms with Gasteiger partial charge in [-0.25, -0.2) is 0 Å². The molecule has 1 rings (SSSR count). The van der Waals surface area contributed by atoms with E-state index in [0.717, 1.165) is 32.6 Å². The van der Waals surface area contributed by atoms with Crippen molar-refractivity contribution in [2.45, 2.75) is 39.2 Å². The summed E-state index contributed by atoms with van der Waals surface area (Å²) >= 11 is 0. The minimum absolute atomic E-state index is 0.504. The fraction of sp³-hybridized carbons (Fsp3) is 0.643. The summed E-state index contributed by atoms with van der Waals surface area (Å²) in [5.74, 6) is 0. The highest BCUT2D eigenvalue weighted by atomic mass is 16.5. The van der Waals surface area contributed by atoms with Crippen molar-refractivity contribution in [3.05, 3.63) is 30.1 Å². The van der Waals surface area contributed by atoms with Gasteiger partial charge in [0, 0.05) is 31.6 Å². The van der Waals surface area contributed by atoms with E-state index < -0.39 is 0 Å². The maximum atomic E-state index is 5.43. The van der Waals surface area contributed by atoms with Gasteiger partial charge in [-0.15, -0.1) is 0 Å². The zero-order chi connectivity index (χ0) is 12.3. The molecular formula is C14H24N2O. The van der Waals surface area contributed by atoms with Crippen molar-refractivity contribution in [1.29, 1.82) is 0 Å². The standard InChI is InChI=1S/C14H24N2O/c1-3-8-16-14(7-11-17-4-2)12-13-5-9-15-10-6-13/h5-6,9-10,14,16H,3-4,7-8,11-12H2,1-2H3. The minimum Gasteiger partial charge on any atom is -0.382 e. The van der Waals surface area contributed by atoms with Crippen molar-refractivity contribution < 1.29 is 4.74 Å². The van der Waals surface area contributed by atoms with E-state index in [1.54, 1.807) is 0 Å². The quantitative estimate of drug-likeness (QED) is 0.669. The molecule has 1 atom stereocenters. The van der Waals surface area contributed by atoms with Gasteiger partial charge in [0.05, 0.1) is 0 Å². The Hall–Kier alpha value is -0.930. The van der Waals surface area contributed by atoms with Gasteiger partial charge in [-0.05, 0) is 50.4 Å². The van der Waals surface area contributed by atoms with Crippen molar-refractivity contribution in [2.75, 3.05) is 19.8 Å². The van der Waals surface area contributed by atoms with Crippen LogP contribution in [0.1, 0.15) is 32.3 Å². The summed E-state index contributed by atoms with van der Waals surface area (Å²) in [5.41, 5.74) is 1.34. The normalized spacial score (nSPS) is 12.6. The molecule has 0 aliphatic carbocycles. The highest BCUT2D eigenvalue weighted by Crippen LogP contribution is 2.05. The zero-order valence-electron chi connectivity index (χ0n) is 11.0. The van der Waals surface area contributed by atoms with E-state index in [2.05, 4.69) is 29.4 Å². The molecule has 3 heteroatoms. The summed E-state index contributed by atoms with van der Waals surface area (Å²) in [4.78, 5) is 4.05. The van der Waals surface area contributed by atoms with Crippen LogP contribution in [0.15, 0.2) is 24.5 Å². The van der Waals surface area contributed by atoms with Crippen molar-refractivity contribution in [1.82, 2.24) is 10.3 Å². The third-order valence-corrected chi connectivity index (χ3v) is 2.73. The lowest BCUT2D eigenvalue weighted by molar-refractivity contribution is 0.136. The molecule has 17 heavy (non-hydrogen) atoms. The van der Waals surface area contributed by atoms with Gasteiger partial charge in [0.2, 0.25) is 0 Å². The smallest absolute Gasteiger partial charge is 0.0480 e. The first-order chi connectivity index (χ1) is 8.36. The van der Waals surface area contributed by atoms with Crippen LogP contribution in [0.3, 0.4) is 0 Å². The Kier molecular flexibility index (Phi) is 7.60. The van der Waals surface area contributed by atoms with Crippen molar-refractivity contribution in [3.63, 3.8) is 0 Å². The van der Waals surface area contributed by atoms with Gasteiger partial charge in [-0.1, -0.05) is 6.92 Å². The van der Waals surface area contributed by atoms with E-state index in [1.165, 1.54) is 12.0 Å². The van der Waals surface area contributed by atoms with Crippen LogP contribution in [0, 0.1) is 0 Å². The molecule has 0 saturated carbocycles. The summed E-state index contributed by atoms with van der Waals surface area (Å²) in [6, 6.07) is 4.67. The molecule has 0 aliphatic heterocycles. The van der Waals surface area contributed by atoms with Crippen LogP contribution >= 0.6 is 0 Å². The number of hydrogen-bond donors (Lipinski definition) is 1. The van der Waals surface area contributed by atoms with Gasteiger partial charge >= 0.3 is 0 Å². The van der Waals surface area contributed by atoms with Crippen LogP contribution in [0.4, 0.5) is 0 Å². The molecule has 1 aromatic heterocycles. The second kappa shape index (κ2) is 9.14. The summed E-state index contributed by atoms with van der Waals surface area (Å²) in [7, 11) is 0. The van der Waals surface area contributed by atoms with E-state index in [1.807, 2.05) is 19.3 Å². The molecule has 0 amide bonds. The predicted octanol–water partition coefficient (Wildman–Crippen LogP) is 2.42. The molecule has 0 aromatic carbocycles. The Morgan fingerprint density at radius 3 is 2.71 bits per heavy atom. The zero-order valence-corrected chi connectivity index (χ0v) is 11.0. The lowest BCUT2D eigenvalue weighted by Crippen LogP contribution is -2.33. The third-order valence-electron chi connectivity index (χ3n) is 2.73. The monoisotopic (exact) mass is 236 g/mol. The van der Waals surface area contributed by atoms with Crippen LogP contribution in [-0.4, -0.2) is 30.8 Å². The maximum Gasteiger partial charge on any atom is 0.0480 e.